The zero-order valence-electron chi connectivity index (χ0n) is 15.7. The Morgan fingerprint density at radius 3 is 0.655 bits per heavy atom. The number of benzene rings is 4. The molecule has 0 spiro atoms. The molecule has 5 heteroatoms. The molecule has 0 fully saturated rings. The van der Waals surface area contributed by atoms with E-state index in [1.807, 2.05) is 121 Å². The van der Waals surface area contributed by atoms with Gasteiger partial charge in [0.25, 0.3) is 0 Å². The Hall–Kier alpha value is -1.68. The second kappa shape index (κ2) is 16.2. The van der Waals surface area contributed by atoms with Gasteiger partial charge in [-0.15, -0.1) is 22.7 Å². The van der Waals surface area contributed by atoms with E-state index in [-0.39, 0.29) is 60.2 Å². The Morgan fingerprint density at radius 2 is 0.483 bits per heavy atom. The average Bonchev–Trinajstić information content (AvgIpc) is 2.72. The molecule has 0 radical (unpaired) electrons. The van der Waals surface area contributed by atoms with Gasteiger partial charge >= 0.3 is 26.2 Å². The Labute approximate surface area is 213 Å². The van der Waals surface area contributed by atoms with Crippen molar-refractivity contribution in [2.75, 3.05) is 0 Å². The molecular formula is C24H20Br2N2Zr. The number of hydrogen-bond acceptors (Lipinski definition) is 0. The first-order chi connectivity index (χ1) is 12.9. The van der Waals surface area contributed by atoms with Crippen molar-refractivity contribution >= 4 is 22.7 Å². The van der Waals surface area contributed by atoms with E-state index < -0.39 is 0 Å². The molecule has 2 nitrogen and oxygen atoms in total. The van der Waals surface area contributed by atoms with Crippen LogP contribution in [0.1, 0.15) is 0 Å². The molecule has 0 aromatic heterocycles. The number of para-hydroxylation sites is 4. The van der Waals surface area contributed by atoms with Gasteiger partial charge in [-0.25, -0.2) is 0 Å². The predicted octanol–water partition coefficient (Wildman–Crippen LogP) is 2.05. The summed E-state index contributed by atoms with van der Waals surface area (Å²) in [5.41, 5.74) is 3.98. The van der Waals surface area contributed by atoms with Crippen LogP contribution in [0.5, 0.6) is 0 Å². The van der Waals surface area contributed by atoms with Crippen LogP contribution < -0.4 is 34.0 Å². The first-order valence-corrected chi connectivity index (χ1v) is 8.54. The largest absolute Gasteiger partial charge is 4.00 e. The van der Waals surface area contributed by atoms with Crippen molar-refractivity contribution in [1.29, 1.82) is 0 Å². The molecule has 29 heavy (non-hydrogen) atoms. The van der Waals surface area contributed by atoms with Gasteiger partial charge in [-0.1, -0.05) is 121 Å². The zero-order chi connectivity index (χ0) is 17.9. The van der Waals surface area contributed by atoms with E-state index >= 15 is 0 Å². The summed E-state index contributed by atoms with van der Waals surface area (Å²) in [4.78, 5) is 0. The normalized spacial score (nSPS) is 8.55. The van der Waals surface area contributed by atoms with Gasteiger partial charge in [0.15, 0.2) is 0 Å². The van der Waals surface area contributed by atoms with E-state index in [1.165, 1.54) is 0 Å². The minimum absolute atomic E-state index is 0. The molecule has 4 aromatic carbocycles. The molecule has 0 N–H and O–H groups in total. The van der Waals surface area contributed by atoms with Crippen LogP contribution in [0.3, 0.4) is 0 Å². The number of nitrogens with zero attached hydrogens (tertiary/aromatic N) is 2. The van der Waals surface area contributed by atoms with E-state index in [9.17, 15) is 0 Å². The quantitative estimate of drug-likeness (QED) is 0.350. The van der Waals surface area contributed by atoms with Crippen molar-refractivity contribution in [1.82, 2.24) is 0 Å². The minimum Gasteiger partial charge on any atom is -1.00 e. The van der Waals surface area contributed by atoms with Crippen LogP contribution in [0.15, 0.2) is 121 Å². The van der Waals surface area contributed by atoms with E-state index in [2.05, 4.69) is 10.6 Å². The van der Waals surface area contributed by atoms with Crippen molar-refractivity contribution < 1.29 is 60.2 Å². The maximum absolute atomic E-state index is 4.44. The maximum atomic E-state index is 4.44. The third kappa shape index (κ3) is 10.6. The smallest absolute Gasteiger partial charge is 1.00 e. The first-order valence-electron chi connectivity index (χ1n) is 8.54. The molecule has 0 atom stereocenters. The van der Waals surface area contributed by atoms with Gasteiger partial charge in [-0.2, -0.15) is 0 Å². The molecule has 0 heterocycles. The van der Waals surface area contributed by atoms with Crippen molar-refractivity contribution in [2.45, 2.75) is 0 Å². The fraction of sp³-hybridized carbons (Fsp3) is 0. The summed E-state index contributed by atoms with van der Waals surface area (Å²) >= 11 is 0. The molecule has 4 aromatic rings. The Morgan fingerprint density at radius 1 is 0.310 bits per heavy atom. The second-order valence-electron chi connectivity index (χ2n) is 5.57. The zero-order valence-corrected chi connectivity index (χ0v) is 21.3. The molecule has 0 aliphatic carbocycles. The van der Waals surface area contributed by atoms with Gasteiger partial charge in [0.1, 0.15) is 0 Å². The number of rotatable bonds is 4. The van der Waals surface area contributed by atoms with Crippen LogP contribution >= 0.6 is 0 Å². The fourth-order valence-corrected chi connectivity index (χ4v) is 2.31. The van der Waals surface area contributed by atoms with Gasteiger partial charge in [-0.3, -0.25) is 0 Å². The Kier molecular flexibility index (Phi) is 15.2. The number of halogens is 2. The van der Waals surface area contributed by atoms with Crippen molar-refractivity contribution in [3.8, 4) is 0 Å². The summed E-state index contributed by atoms with van der Waals surface area (Å²) in [6.07, 6.45) is 0. The van der Waals surface area contributed by atoms with E-state index in [0.717, 1.165) is 22.7 Å². The van der Waals surface area contributed by atoms with Crippen molar-refractivity contribution in [2.24, 2.45) is 0 Å². The summed E-state index contributed by atoms with van der Waals surface area (Å²) in [5.74, 6) is 0. The van der Waals surface area contributed by atoms with Crippen LogP contribution in [0, 0.1) is 0 Å². The third-order valence-corrected chi connectivity index (χ3v) is 3.54. The van der Waals surface area contributed by atoms with E-state index in [4.69, 9.17) is 0 Å². The Bertz CT molecular complexity index is 725. The standard InChI is InChI=1S/2C12H10N.2BrH.Zr/c2*1-3-7-11(8-4-1)13-12-9-5-2-6-10-12;;;/h2*1-10H;2*1H;/q2*-1;;;+4/p-2. The van der Waals surface area contributed by atoms with Gasteiger partial charge in [0, 0.05) is 0 Å². The fourth-order valence-electron chi connectivity index (χ4n) is 2.31. The molecule has 0 saturated heterocycles. The second-order valence-corrected chi connectivity index (χ2v) is 5.57. The van der Waals surface area contributed by atoms with Crippen LogP contribution in [-0.4, -0.2) is 0 Å². The SMILES string of the molecule is [Br-].[Br-].[Zr+4].c1ccc([N-]c2ccccc2)cc1.c1ccc([N-]c2ccccc2)cc1. The first kappa shape index (κ1) is 27.3. The summed E-state index contributed by atoms with van der Waals surface area (Å²) < 4.78 is 0. The van der Waals surface area contributed by atoms with Crippen molar-refractivity contribution in [3.05, 3.63) is 132 Å². The van der Waals surface area contributed by atoms with Gasteiger partial charge < -0.3 is 44.6 Å². The number of hydrogen-bond donors (Lipinski definition) is 0. The van der Waals surface area contributed by atoms with Crippen LogP contribution in [0.2, 0.25) is 0 Å². The molecule has 0 aliphatic rings. The molecule has 0 aliphatic heterocycles. The molecular weight excluding hydrogens is 567 g/mol. The van der Waals surface area contributed by atoms with Gasteiger partial charge in [0.2, 0.25) is 0 Å². The molecule has 0 amide bonds. The maximum Gasteiger partial charge on any atom is 4.00 e. The average molecular weight is 587 g/mol. The van der Waals surface area contributed by atoms with Crippen LogP contribution in [-0.2, 0) is 26.2 Å². The minimum atomic E-state index is 0. The van der Waals surface area contributed by atoms with Crippen LogP contribution in [0.25, 0.3) is 10.6 Å². The summed E-state index contributed by atoms with van der Waals surface area (Å²) in [6, 6.07) is 39.8. The van der Waals surface area contributed by atoms with E-state index in [1.54, 1.807) is 0 Å². The molecule has 0 saturated carbocycles. The summed E-state index contributed by atoms with van der Waals surface area (Å²) in [6.45, 7) is 0. The third-order valence-electron chi connectivity index (χ3n) is 3.54. The Balaban J connectivity index is 0.000000490. The van der Waals surface area contributed by atoms with Gasteiger partial charge in [0.05, 0.1) is 0 Å². The van der Waals surface area contributed by atoms with Crippen LogP contribution in [0.4, 0.5) is 22.7 Å². The molecule has 0 unspecified atom stereocenters. The monoisotopic (exact) mass is 584 g/mol. The summed E-state index contributed by atoms with van der Waals surface area (Å²) in [5, 5.41) is 8.88. The summed E-state index contributed by atoms with van der Waals surface area (Å²) in [7, 11) is 0. The van der Waals surface area contributed by atoms with E-state index in [0.29, 0.717) is 0 Å². The van der Waals surface area contributed by atoms with Gasteiger partial charge in [-0.05, 0) is 0 Å². The molecule has 144 valence electrons. The van der Waals surface area contributed by atoms with Crippen molar-refractivity contribution in [3.63, 3.8) is 0 Å². The predicted molar refractivity (Wildman–Crippen MR) is 111 cm³/mol. The molecule has 4 rings (SSSR count). The molecule has 0 bridgehead atoms. The topological polar surface area (TPSA) is 28.2 Å².